The van der Waals surface area contributed by atoms with Crippen molar-refractivity contribution in [3.8, 4) is 0 Å². The number of nitrogens with zero attached hydrogens (tertiary/aromatic N) is 1. The molecule has 3 nitrogen and oxygen atoms in total. The van der Waals surface area contributed by atoms with Crippen molar-refractivity contribution in [1.82, 2.24) is 10.2 Å². The Morgan fingerprint density at radius 2 is 1.94 bits per heavy atom. The molecule has 0 radical (unpaired) electrons. The van der Waals surface area contributed by atoms with Gasteiger partial charge in [0, 0.05) is 26.2 Å². The van der Waals surface area contributed by atoms with Gasteiger partial charge in [0.2, 0.25) is 0 Å². The normalized spacial score (nSPS) is 29.7. The Bertz CT molecular complexity index is 211. The van der Waals surface area contributed by atoms with Gasteiger partial charge < -0.3 is 15.0 Å². The van der Waals surface area contributed by atoms with E-state index in [1.165, 1.54) is 32.4 Å². The lowest BCUT2D eigenvalue weighted by Gasteiger charge is -2.41. The number of rotatable bonds is 8. The van der Waals surface area contributed by atoms with Crippen LogP contribution in [0.1, 0.15) is 40.0 Å². The number of methoxy groups -OCH3 is 1. The highest BCUT2D eigenvalue weighted by Gasteiger charge is 2.27. The van der Waals surface area contributed by atoms with Gasteiger partial charge in [-0.15, -0.1) is 0 Å². The molecule has 1 heterocycles. The van der Waals surface area contributed by atoms with E-state index in [2.05, 4.69) is 31.0 Å². The van der Waals surface area contributed by atoms with Gasteiger partial charge in [-0.3, -0.25) is 0 Å². The summed E-state index contributed by atoms with van der Waals surface area (Å²) in [4.78, 5) is 2.69. The van der Waals surface area contributed by atoms with Crippen LogP contribution in [0.25, 0.3) is 0 Å². The second-order valence-corrected chi connectivity index (χ2v) is 6.00. The van der Waals surface area contributed by atoms with E-state index in [1.54, 1.807) is 7.11 Å². The highest BCUT2D eigenvalue weighted by molar-refractivity contribution is 4.81. The summed E-state index contributed by atoms with van der Waals surface area (Å²) in [6.07, 6.45) is 3.98. The van der Waals surface area contributed by atoms with Gasteiger partial charge in [0.15, 0.2) is 0 Å². The van der Waals surface area contributed by atoms with Crippen molar-refractivity contribution in [2.24, 2.45) is 11.8 Å². The monoisotopic (exact) mass is 256 g/mol. The maximum atomic E-state index is 5.01. The smallest absolute Gasteiger partial charge is 0.0587 e. The van der Waals surface area contributed by atoms with E-state index in [0.29, 0.717) is 0 Å². The summed E-state index contributed by atoms with van der Waals surface area (Å²) in [5.41, 5.74) is 0. The van der Waals surface area contributed by atoms with Gasteiger partial charge in [0.05, 0.1) is 6.61 Å². The first-order valence-corrected chi connectivity index (χ1v) is 7.58. The molecule has 0 aliphatic carbocycles. The minimum Gasteiger partial charge on any atom is -0.383 e. The first-order valence-electron chi connectivity index (χ1n) is 7.58. The molecule has 3 unspecified atom stereocenters. The molecule has 1 rings (SSSR count). The van der Waals surface area contributed by atoms with Gasteiger partial charge in [-0.1, -0.05) is 13.8 Å². The topological polar surface area (TPSA) is 24.5 Å². The van der Waals surface area contributed by atoms with Crippen LogP contribution in [0.2, 0.25) is 0 Å². The van der Waals surface area contributed by atoms with E-state index >= 15 is 0 Å². The Morgan fingerprint density at radius 3 is 2.67 bits per heavy atom. The number of nitrogens with one attached hydrogen (secondary N) is 1. The van der Waals surface area contributed by atoms with Crippen molar-refractivity contribution in [3.05, 3.63) is 0 Å². The first-order chi connectivity index (χ1) is 8.65. The molecular formula is C15H32N2O. The van der Waals surface area contributed by atoms with Crippen molar-refractivity contribution in [3.63, 3.8) is 0 Å². The molecule has 3 atom stereocenters. The first kappa shape index (κ1) is 15.9. The van der Waals surface area contributed by atoms with Crippen molar-refractivity contribution in [1.29, 1.82) is 0 Å². The minimum atomic E-state index is 0.766. The highest BCUT2D eigenvalue weighted by atomic mass is 16.5. The molecule has 3 heteroatoms. The molecule has 0 saturated carbocycles. The molecule has 1 N–H and O–H groups in total. The number of hydrogen-bond acceptors (Lipinski definition) is 3. The van der Waals surface area contributed by atoms with Crippen LogP contribution in [-0.2, 0) is 4.74 Å². The van der Waals surface area contributed by atoms with Crippen LogP contribution in [0.5, 0.6) is 0 Å². The third kappa shape index (κ3) is 5.68. The van der Waals surface area contributed by atoms with Gasteiger partial charge in [0.25, 0.3) is 0 Å². The number of hydrogen-bond donors (Lipinski definition) is 1. The summed E-state index contributed by atoms with van der Waals surface area (Å²) in [6, 6.07) is 0.766. The summed E-state index contributed by atoms with van der Waals surface area (Å²) in [7, 11) is 1.75. The van der Waals surface area contributed by atoms with Crippen LogP contribution in [0.4, 0.5) is 0 Å². The third-order valence-electron chi connectivity index (χ3n) is 4.25. The molecule has 18 heavy (non-hydrogen) atoms. The maximum Gasteiger partial charge on any atom is 0.0587 e. The molecule has 0 amide bonds. The molecule has 1 saturated heterocycles. The van der Waals surface area contributed by atoms with Gasteiger partial charge in [-0.25, -0.2) is 0 Å². The lowest BCUT2D eigenvalue weighted by Crippen LogP contribution is -2.46. The van der Waals surface area contributed by atoms with Crippen LogP contribution in [-0.4, -0.2) is 50.8 Å². The van der Waals surface area contributed by atoms with Crippen LogP contribution in [0.3, 0.4) is 0 Å². The van der Waals surface area contributed by atoms with Crippen molar-refractivity contribution >= 4 is 0 Å². The molecule has 0 aromatic carbocycles. The summed E-state index contributed by atoms with van der Waals surface area (Å²) in [5, 5.41) is 3.41. The molecule has 0 spiro atoms. The Hall–Kier alpha value is -0.120. The quantitative estimate of drug-likeness (QED) is 0.675. The van der Waals surface area contributed by atoms with Gasteiger partial charge in [-0.05, 0) is 51.1 Å². The average Bonchev–Trinajstić information content (AvgIpc) is 2.33. The standard InChI is InChI=1S/C15H32N2O/c1-13-11-14(2)15(3)17(12-13)9-6-5-7-16-8-10-18-4/h13-16H,5-12H2,1-4H3. The zero-order valence-electron chi connectivity index (χ0n) is 12.7. The summed E-state index contributed by atoms with van der Waals surface area (Å²) >= 11 is 0. The zero-order valence-corrected chi connectivity index (χ0v) is 12.7. The van der Waals surface area contributed by atoms with E-state index < -0.39 is 0 Å². The van der Waals surface area contributed by atoms with Crippen LogP contribution in [0, 0.1) is 11.8 Å². The number of piperidine rings is 1. The number of ether oxygens (including phenoxy) is 1. The second kappa shape index (κ2) is 8.89. The third-order valence-corrected chi connectivity index (χ3v) is 4.25. The van der Waals surface area contributed by atoms with Crippen LogP contribution in [0.15, 0.2) is 0 Å². The van der Waals surface area contributed by atoms with Gasteiger partial charge in [0.1, 0.15) is 0 Å². The summed E-state index contributed by atoms with van der Waals surface area (Å²) in [6.45, 7) is 12.7. The van der Waals surface area contributed by atoms with E-state index in [4.69, 9.17) is 4.74 Å². The predicted molar refractivity (Wildman–Crippen MR) is 78.0 cm³/mol. The van der Waals surface area contributed by atoms with Crippen molar-refractivity contribution < 1.29 is 4.74 Å². The Kier molecular flexibility index (Phi) is 7.87. The van der Waals surface area contributed by atoms with E-state index in [9.17, 15) is 0 Å². The largest absolute Gasteiger partial charge is 0.383 e. The second-order valence-electron chi connectivity index (χ2n) is 6.00. The van der Waals surface area contributed by atoms with E-state index in [1.807, 2.05) is 0 Å². The Morgan fingerprint density at radius 1 is 1.17 bits per heavy atom. The van der Waals surface area contributed by atoms with Gasteiger partial charge >= 0.3 is 0 Å². The maximum absolute atomic E-state index is 5.01. The molecule has 0 bridgehead atoms. The fourth-order valence-corrected chi connectivity index (χ4v) is 2.99. The molecule has 1 fully saturated rings. The number of unbranched alkanes of at least 4 members (excludes halogenated alkanes) is 1. The highest BCUT2D eigenvalue weighted by Crippen LogP contribution is 2.26. The Labute approximate surface area is 113 Å². The number of likely N-dealkylation sites (tertiary alicyclic amines) is 1. The SMILES string of the molecule is COCCNCCCCN1CC(C)CC(C)C1C. The van der Waals surface area contributed by atoms with E-state index in [-0.39, 0.29) is 0 Å². The molecule has 1 aliphatic rings. The van der Waals surface area contributed by atoms with Crippen LogP contribution >= 0.6 is 0 Å². The molecule has 1 aliphatic heterocycles. The lowest BCUT2D eigenvalue weighted by molar-refractivity contribution is 0.0782. The van der Waals surface area contributed by atoms with Gasteiger partial charge in [-0.2, -0.15) is 0 Å². The molecule has 0 aromatic heterocycles. The fourth-order valence-electron chi connectivity index (χ4n) is 2.99. The zero-order chi connectivity index (χ0) is 13.4. The molecule has 108 valence electrons. The predicted octanol–water partition coefficient (Wildman–Crippen LogP) is 2.37. The lowest BCUT2D eigenvalue weighted by atomic mass is 9.86. The summed E-state index contributed by atoms with van der Waals surface area (Å²) in [5.74, 6) is 1.73. The minimum absolute atomic E-state index is 0.766. The summed E-state index contributed by atoms with van der Waals surface area (Å²) < 4.78 is 5.01. The van der Waals surface area contributed by atoms with Crippen molar-refractivity contribution in [2.75, 3.05) is 39.9 Å². The molecule has 0 aromatic rings. The van der Waals surface area contributed by atoms with Crippen molar-refractivity contribution in [2.45, 2.75) is 46.1 Å². The fraction of sp³-hybridized carbons (Fsp3) is 1.00. The van der Waals surface area contributed by atoms with Crippen LogP contribution < -0.4 is 5.32 Å². The Balaban J connectivity index is 2.07. The van der Waals surface area contributed by atoms with E-state index in [0.717, 1.165) is 37.6 Å². The average molecular weight is 256 g/mol. The molecular weight excluding hydrogens is 224 g/mol.